The van der Waals surface area contributed by atoms with Gasteiger partial charge < -0.3 is 24.8 Å². The lowest BCUT2D eigenvalue weighted by molar-refractivity contribution is -0.146. The van der Waals surface area contributed by atoms with Gasteiger partial charge in [-0.25, -0.2) is 4.79 Å². The number of rotatable bonds is 7. The van der Waals surface area contributed by atoms with E-state index >= 15 is 0 Å². The fourth-order valence-electron chi connectivity index (χ4n) is 1.17. The van der Waals surface area contributed by atoms with Crippen LogP contribution in [0.15, 0.2) is 10.6 Å². The number of methoxy groups -OCH3 is 1. The molecule has 0 fully saturated rings. The Hall–Kier alpha value is -1.93. The Kier molecular flexibility index (Phi) is 5.28. The average molecular weight is 258 g/mol. The molecule has 0 aliphatic carbocycles. The van der Waals surface area contributed by atoms with E-state index in [4.69, 9.17) is 19.5 Å². The molecule has 1 atom stereocenters. The lowest BCUT2D eigenvalue weighted by atomic mass is 10.2. The summed E-state index contributed by atoms with van der Waals surface area (Å²) in [5, 5.41) is 23.3. The van der Waals surface area contributed by atoms with Crippen LogP contribution in [0.3, 0.4) is 0 Å². The molecule has 8 nitrogen and oxygen atoms in total. The van der Waals surface area contributed by atoms with E-state index in [9.17, 15) is 9.59 Å². The predicted molar refractivity (Wildman–Crippen MR) is 57.8 cm³/mol. The van der Waals surface area contributed by atoms with Gasteiger partial charge in [-0.3, -0.25) is 4.79 Å². The van der Waals surface area contributed by atoms with Crippen LogP contribution in [0.2, 0.25) is 0 Å². The molecule has 1 amide bonds. The van der Waals surface area contributed by atoms with Gasteiger partial charge in [-0.2, -0.15) is 0 Å². The zero-order chi connectivity index (χ0) is 13.5. The van der Waals surface area contributed by atoms with E-state index in [2.05, 4.69) is 10.5 Å². The van der Waals surface area contributed by atoms with Gasteiger partial charge in [-0.15, -0.1) is 0 Å². The molecular weight excluding hydrogens is 244 g/mol. The van der Waals surface area contributed by atoms with Crippen LogP contribution in [0, 0.1) is 0 Å². The molecule has 0 saturated carbocycles. The smallest absolute Gasteiger partial charge is 0.332 e. The summed E-state index contributed by atoms with van der Waals surface area (Å²) in [6, 6.07) is 1.42. The number of aliphatic hydroxyl groups is 1. The first kappa shape index (κ1) is 14.1. The van der Waals surface area contributed by atoms with Crippen LogP contribution in [-0.2, 0) is 16.1 Å². The molecule has 1 rings (SSSR count). The van der Waals surface area contributed by atoms with Gasteiger partial charge in [0.1, 0.15) is 6.61 Å². The second-order valence-electron chi connectivity index (χ2n) is 3.51. The number of amides is 1. The van der Waals surface area contributed by atoms with Crippen LogP contribution < -0.4 is 5.32 Å². The Balaban J connectivity index is 2.38. The molecule has 0 saturated heterocycles. The van der Waals surface area contributed by atoms with Crippen molar-refractivity contribution < 1.29 is 29.1 Å². The largest absolute Gasteiger partial charge is 0.479 e. The summed E-state index contributed by atoms with van der Waals surface area (Å²) in [5.74, 6) is -1.42. The maximum atomic E-state index is 11.5. The second kappa shape index (κ2) is 6.72. The summed E-state index contributed by atoms with van der Waals surface area (Å²) < 4.78 is 9.61. The number of nitrogens with one attached hydrogen (secondary N) is 1. The van der Waals surface area contributed by atoms with Crippen molar-refractivity contribution in [2.24, 2.45) is 0 Å². The molecule has 1 aromatic rings. The van der Waals surface area contributed by atoms with Crippen LogP contribution in [0.25, 0.3) is 0 Å². The lowest BCUT2D eigenvalue weighted by Crippen LogP contribution is -2.30. The van der Waals surface area contributed by atoms with Gasteiger partial charge in [0.15, 0.2) is 17.6 Å². The number of nitrogens with zero attached hydrogens (tertiary/aromatic N) is 1. The summed E-state index contributed by atoms with van der Waals surface area (Å²) in [6.45, 7) is 0.233. The Labute approximate surface area is 103 Å². The zero-order valence-electron chi connectivity index (χ0n) is 9.75. The quantitative estimate of drug-likeness (QED) is 0.596. The van der Waals surface area contributed by atoms with Gasteiger partial charge in [0.05, 0.1) is 0 Å². The fourth-order valence-corrected chi connectivity index (χ4v) is 1.17. The number of carbonyl (C=O) groups excluding carboxylic acids is 1. The van der Waals surface area contributed by atoms with Crippen molar-refractivity contribution in [1.29, 1.82) is 0 Å². The Morgan fingerprint density at radius 1 is 1.61 bits per heavy atom. The third kappa shape index (κ3) is 4.15. The van der Waals surface area contributed by atoms with Gasteiger partial charge in [0, 0.05) is 26.1 Å². The number of aromatic nitrogens is 1. The van der Waals surface area contributed by atoms with E-state index < -0.39 is 18.0 Å². The molecule has 18 heavy (non-hydrogen) atoms. The van der Waals surface area contributed by atoms with Gasteiger partial charge in [-0.05, 0) is 0 Å². The standard InChI is InChI=1S/C10H14N2O6/c1-17-5-6-4-7(12-18-6)9(14)11-3-2-8(13)10(15)16/h4,8,13H,2-3,5H2,1H3,(H,11,14)(H,15,16)/t8-/m0/s1. The Bertz CT molecular complexity index is 416. The molecule has 0 spiro atoms. The van der Waals surface area contributed by atoms with E-state index in [1.807, 2.05) is 0 Å². The van der Waals surface area contributed by atoms with Gasteiger partial charge in [0.2, 0.25) is 0 Å². The van der Waals surface area contributed by atoms with Crippen molar-refractivity contribution in [3.05, 3.63) is 17.5 Å². The number of aliphatic carboxylic acids is 1. The molecule has 3 N–H and O–H groups in total. The highest BCUT2D eigenvalue weighted by Crippen LogP contribution is 2.04. The minimum absolute atomic E-state index is 0.0266. The van der Waals surface area contributed by atoms with Crippen molar-refractivity contribution in [2.75, 3.05) is 13.7 Å². The number of hydrogen-bond donors (Lipinski definition) is 3. The first-order valence-electron chi connectivity index (χ1n) is 5.18. The van der Waals surface area contributed by atoms with E-state index in [1.165, 1.54) is 13.2 Å². The number of carboxylic acid groups (broad SMARTS) is 1. The average Bonchev–Trinajstić information content (AvgIpc) is 2.77. The number of hydrogen-bond acceptors (Lipinski definition) is 6. The van der Waals surface area contributed by atoms with Gasteiger partial charge in [0.25, 0.3) is 5.91 Å². The summed E-state index contributed by atoms with van der Waals surface area (Å²) in [5.41, 5.74) is 0.0758. The van der Waals surface area contributed by atoms with Crippen LogP contribution in [0.5, 0.6) is 0 Å². The summed E-state index contributed by atoms with van der Waals surface area (Å²) in [6.07, 6.45) is -1.57. The molecule has 0 aliphatic heterocycles. The van der Waals surface area contributed by atoms with Crippen molar-refractivity contribution in [3.63, 3.8) is 0 Å². The first-order valence-corrected chi connectivity index (χ1v) is 5.18. The molecule has 8 heteroatoms. The van der Waals surface area contributed by atoms with Crippen molar-refractivity contribution in [2.45, 2.75) is 19.1 Å². The second-order valence-corrected chi connectivity index (χ2v) is 3.51. The monoisotopic (exact) mass is 258 g/mol. The molecule has 1 heterocycles. The van der Waals surface area contributed by atoms with E-state index in [1.54, 1.807) is 0 Å². The SMILES string of the molecule is COCc1cc(C(=O)NCC[C@H](O)C(=O)O)no1. The highest BCUT2D eigenvalue weighted by atomic mass is 16.5. The van der Waals surface area contributed by atoms with Crippen molar-refractivity contribution >= 4 is 11.9 Å². The third-order valence-electron chi connectivity index (χ3n) is 2.07. The highest BCUT2D eigenvalue weighted by molar-refractivity contribution is 5.92. The minimum Gasteiger partial charge on any atom is -0.479 e. The van der Waals surface area contributed by atoms with Gasteiger partial charge in [-0.1, -0.05) is 5.16 Å². The van der Waals surface area contributed by atoms with Gasteiger partial charge >= 0.3 is 5.97 Å². The molecule has 0 aromatic carbocycles. The van der Waals surface area contributed by atoms with E-state index in [0.717, 1.165) is 0 Å². The fraction of sp³-hybridized carbons (Fsp3) is 0.500. The maximum absolute atomic E-state index is 11.5. The predicted octanol–water partition coefficient (Wildman–Crippen LogP) is -0.614. The van der Waals surface area contributed by atoms with Crippen molar-refractivity contribution in [1.82, 2.24) is 10.5 Å². The number of ether oxygens (including phenoxy) is 1. The van der Waals surface area contributed by atoms with E-state index in [-0.39, 0.29) is 25.3 Å². The highest BCUT2D eigenvalue weighted by Gasteiger charge is 2.15. The number of aliphatic hydroxyl groups excluding tert-OH is 1. The van der Waals surface area contributed by atoms with Crippen LogP contribution in [0.4, 0.5) is 0 Å². The normalized spacial score (nSPS) is 12.1. The number of carboxylic acids is 1. The molecule has 1 aromatic heterocycles. The molecule has 0 bridgehead atoms. The zero-order valence-corrected chi connectivity index (χ0v) is 9.75. The van der Waals surface area contributed by atoms with E-state index in [0.29, 0.717) is 5.76 Å². The molecule has 0 aliphatic rings. The van der Waals surface area contributed by atoms with Crippen molar-refractivity contribution in [3.8, 4) is 0 Å². The molecule has 100 valence electrons. The molecule has 0 unspecified atom stereocenters. The number of carbonyl (C=O) groups is 2. The summed E-state index contributed by atoms with van der Waals surface area (Å²) in [4.78, 5) is 21.8. The van der Waals surface area contributed by atoms with Crippen LogP contribution in [0.1, 0.15) is 22.7 Å². The lowest BCUT2D eigenvalue weighted by Gasteiger charge is -2.05. The third-order valence-corrected chi connectivity index (χ3v) is 2.07. The Morgan fingerprint density at radius 2 is 2.33 bits per heavy atom. The summed E-state index contributed by atoms with van der Waals surface area (Å²) >= 11 is 0. The molecular formula is C10H14N2O6. The topological polar surface area (TPSA) is 122 Å². The maximum Gasteiger partial charge on any atom is 0.332 e. The van der Waals surface area contributed by atoms with Crippen LogP contribution in [-0.4, -0.2) is 47.0 Å². The Morgan fingerprint density at radius 3 is 2.94 bits per heavy atom. The minimum atomic E-state index is -1.49. The summed E-state index contributed by atoms with van der Waals surface area (Å²) in [7, 11) is 1.48. The first-order chi connectivity index (χ1) is 8.54. The molecule has 0 radical (unpaired) electrons. The van der Waals surface area contributed by atoms with Crippen LogP contribution >= 0.6 is 0 Å².